The monoisotopic (exact) mass is 168 g/mol. The summed E-state index contributed by atoms with van der Waals surface area (Å²) in [6.07, 6.45) is 8.84. The Labute approximate surface area is 73.3 Å². The van der Waals surface area contributed by atoms with Crippen molar-refractivity contribution in [1.29, 1.82) is 0 Å². The third-order valence-electron chi connectivity index (χ3n) is 1.86. The summed E-state index contributed by atoms with van der Waals surface area (Å²) < 4.78 is 4.92. The van der Waals surface area contributed by atoms with Crippen LogP contribution < -0.4 is 11.1 Å². The maximum absolute atomic E-state index is 6.00. The molecule has 0 aromatic carbocycles. The molecule has 0 bridgehead atoms. The van der Waals surface area contributed by atoms with Crippen molar-refractivity contribution in [3.63, 3.8) is 0 Å². The predicted octanol–water partition coefficient (Wildman–Crippen LogP) is 0.393. The zero-order valence-electron chi connectivity index (χ0n) is 7.42. The van der Waals surface area contributed by atoms with Gasteiger partial charge in [0.15, 0.2) is 0 Å². The minimum Gasteiger partial charge on any atom is -0.383 e. The van der Waals surface area contributed by atoms with E-state index in [9.17, 15) is 0 Å². The largest absolute Gasteiger partial charge is 0.383 e. The van der Waals surface area contributed by atoms with Crippen molar-refractivity contribution in [2.45, 2.75) is 12.1 Å². The Morgan fingerprint density at radius 1 is 1.58 bits per heavy atom. The minimum atomic E-state index is -0.368. The van der Waals surface area contributed by atoms with Crippen molar-refractivity contribution in [1.82, 2.24) is 5.32 Å². The van der Waals surface area contributed by atoms with Crippen LogP contribution in [-0.2, 0) is 4.74 Å². The number of rotatable bonds is 4. The van der Waals surface area contributed by atoms with Gasteiger partial charge in [0.25, 0.3) is 0 Å². The minimum absolute atomic E-state index is 0.368. The molecule has 0 aromatic rings. The van der Waals surface area contributed by atoms with Gasteiger partial charge in [0.1, 0.15) is 0 Å². The fraction of sp³-hybridized carbons (Fsp3) is 0.556. The van der Waals surface area contributed by atoms with Crippen LogP contribution >= 0.6 is 0 Å². The lowest BCUT2D eigenvalue weighted by molar-refractivity contribution is 0.190. The summed E-state index contributed by atoms with van der Waals surface area (Å²) in [5.74, 6) is 0. The number of nitrogens with one attached hydrogen (secondary N) is 1. The lowest BCUT2D eigenvalue weighted by Crippen LogP contribution is -2.52. The highest BCUT2D eigenvalue weighted by Crippen LogP contribution is 2.10. The smallest absolute Gasteiger partial charge is 0.0892 e. The fourth-order valence-electron chi connectivity index (χ4n) is 1.15. The van der Waals surface area contributed by atoms with E-state index in [2.05, 4.69) is 11.4 Å². The summed E-state index contributed by atoms with van der Waals surface area (Å²) >= 11 is 0. The van der Waals surface area contributed by atoms with Crippen LogP contribution in [0.5, 0.6) is 0 Å². The number of hydrogen-bond acceptors (Lipinski definition) is 3. The molecule has 0 saturated heterocycles. The van der Waals surface area contributed by atoms with Crippen molar-refractivity contribution < 1.29 is 4.74 Å². The van der Waals surface area contributed by atoms with E-state index in [0.29, 0.717) is 6.61 Å². The summed E-state index contributed by atoms with van der Waals surface area (Å²) in [6.45, 7) is 1.47. The second-order valence-electron chi connectivity index (χ2n) is 2.95. The summed E-state index contributed by atoms with van der Waals surface area (Å²) in [7, 11) is 1.68. The third kappa shape index (κ3) is 2.77. The van der Waals surface area contributed by atoms with Gasteiger partial charge in [0, 0.05) is 20.1 Å². The van der Waals surface area contributed by atoms with E-state index < -0.39 is 0 Å². The van der Waals surface area contributed by atoms with E-state index in [1.54, 1.807) is 7.11 Å². The average Bonchev–Trinajstić information content (AvgIpc) is 2.06. The topological polar surface area (TPSA) is 47.3 Å². The molecule has 0 aliphatic heterocycles. The summed E-state index contributed by atoms with van der Waals surface area (Å²) in [4.78, 5) is 0. The molecule has 3 heteroatoms. The number of hydrogen-bond donors (Lipinski definition) is 2. The van der Waals surface area contributed by atoms with Crippen molar-refractivity contribution in [2.24, 2.45) is 5.73 Å². The van der Waals surface area contributed by atoms with Gasteiger partial charge >= 0.3 is 0 Å². The van der Waals surface area contributed by atoms with Gasteiger partial charge in [-0.25, -0.2) is 0 Å². The lowest BCUT2D eigenvalue weighted by Gasteiger charge is -2.27. The van der Waals surface area contributed by atoms with E-state index in [1.165, 1.54) is 0 Å². The molecule has 1 aliphatic carbocycles. The first-order valence-electron chi connectivity index (χ1n) is 4.14. The maximum atomic E-state index is 6.00. The van der Waals surface area contributed by atoms with E-state index in [4.69, 9.17) is 10.5 Å². The average molecular weight is 168 g/mol. The molecule has 1 aliphatic rings. The molecule has 0 fully saturated rings. The van der Waals surface area contributed by atoms with Crippen molar-refractivity contribution in [3.8, 4) is 0 Å². The molecule has 1 atom stereocenters. The van der Waals surface area contributed by atoms with Crippen molar-refractivity contribution in [2.75, 3.05) is 20.3 Å². The van der Waals surface area contributed by atoms with E-state index in [0.717, 1.165) is 13.0 Å². The van der Waals surface area contributed by atoms with Crippen LogP contribution in [-0.4, -0.2) is 25.9 Å². The third-order valence-corrected chi connectivity index (χ3v) is 1.86. The highest BCUT2D eigenvalue weighted by Gasteiger charge is 2.19. The molecule has 1 rings (SSSR count). The molecule has 0 heterocycles. The normalized spacial score (nSPS) is 27.8. The second kappa shape index (κ2) is 4.40. The van der Waals surface area contributed by atoms with Crippen LogP contribution in [0.2, 0.25) is 0 Å². The lowest BCUT2D eigenvalue weighted by atomic mass is 10.0. The predicted molar refractivity (Wildman–Crippen MR) is 49.7 cm³/mol. The van der Waals surface area contributed by atoms with Crippen LogP contribution in [0.4, 0.5) is 0 Å². The molecule has 0 radical (unpaired) electrons. The van der Waals surface area contributed by atoms with Gasteiger partial charge in [-0.1, -0.05) is 24.3 Å². The second-order valence-corrected chi connectivity index (χ2v) is 2.95. The standard InChI is InChI=1S/C9H16N2O/c1-12-8-7-11-9(10)5-3-2-4-6-9/h2-5,11H,6-8,10H2,1H3. The summed E-state index contributed by atoms with van der Waals surface area (Å²) in [5, 5.41) is 3.21. The van der Waals surface area contributed by atoms with Crippen molar-refractivity contribution in [3.05, 3.63) is 24.3 Å². The Hall–Kier alpha value is -0.640. The molecule has 0 saturated carbocycles. The first kappa shape index (κ1) is 9.45. The Balaban J connectivity index is 2.29. The molecule has 0 amide bonds. The van der Waals surface area contributed by atoms with Gasteiger partial charge in [-0.3, -0.25) is 5.32 Å². The Morgan fingerprint density at radius 3 is 3.00 bits per heavy atom. The van der Waals surface area contributed by atoms with Gasteiger partial charge < -0.3 is 10.5 Å². The molecular formula is C9H16N2O. The fourth-order valence-corrected chi connectivity index (χ4v) is 1.15. The molecule has 1 unspecified atom stereocenters. The molecule has 3 N–H and O–H groups in total. The SMILES string of the molecule is COCCNC1(N)C=CC=CC1. The number of allylic oxidation sites excluding steroid dienone is 2. The number of methoxy groups -OCH3 is 1. The first-order chi connectivity index (χ1) is 5.77. The Morgan fingerprint density at radius 2 is 2.42 bits per heavy atom. The van der Waals surface area contributed by atoms with Gasteiger partial charge in [-0.2, -0.15) is 0 Å². The van der Waals surface area contributed by atoms with Gasteiger partial charge in [0.05, 0.1) is 12.3 Å². The Bertz CT molecular complexity index is 189. The Kier molecular flexibility index (Phi) is 3.47. The zero-order valence-corrected chi connectivity index (χ0v) is 7.42. The van der Waals surface area contributed by atoms with Crippen molar-refractivity contribution >= 4 is 0 Å². The number of ether oxygens (including phenoxy) is 1. The number of nitrogens with two attached hydrogens (primary N) is 1. The van der Waals surface area contributed by atoms with Crippen LogP contribution in [0.25, 0.3) is 0 Å². The van der Waals surface area contributed by atoms with Crippen LogP contribution in [0.1, 0.15) is 6.42 Å². The quantitative estimate of drug-likeness (QED) is 0.471. The summed E-state index contributed by atoms with van der Waals surface area (Å²) in [6, 6.07) is 0. The van der Waals surface area contributed by atoms with Crippen LogP contribution in [0, 0.1) is 0 Å². The van der Waals surface area contributed by atoms with Crippen LogP contribution in [0.15, 0.2) is 24.3 Å². The van der Waals surface area contributed by atoms with Gasteiger partial charge in [0.2, 0.25) is 0 Å². The van der Waals surface area contributed by atoms with E-state index in [-0.39, 0.29) is 5.66 Å². The molecule has 0 spiro atoms. The highest BCUT2D eigenvalue weighted by atomic mass is 16.5. The molecular weight excluding hydrogens is 152 g/mol. The summed E-state index contributed by atoms with van der Waals surface area (Å²) in [5.41, 5.74) is 5.63. The van der Waals surface area contributed by atoms with E-state index >= 15 is 0 Å². The first-order valence-corrected chi connectivity index (χ1v) is 4.14. The molecule has 12 heavy (non-hydrogen) atoms. The zero-order chi connectivity index (χ0) is 8.86. The maximum Gasteiger partial charge on any atom is 0.0892 e. The van der Waals surface area contributed by atoms with Crippen LogP contribution in [0.3, 0.4) is 0 Å². The molecule has 68 valence electrons. The van der Waals surface area contributed by atoms with Gasteiger partial charge in [-0.05, 0) is 0 Å². The molecule has 0 aromatic heterocycles. The van der Waals surface area contributed by atoms with Gasteiger partial charge in [-0.15, -0.1) is 0 Å². The molecule has 3 nitrogen and oxygen atoms in total. The highest BCUT2D eigenvalue weighted by molar-refractivity contribution is 5.18. The van der Waals surface area contributed by atoms with E-state index in [1.807, 2.05) is 18.2 Å².